The number of amides is 2. The van der Waals surface area contributed by atoms with E-state index in [1.807, 2.05) is 0 Å². The second-order valence-electron chi connectivity index (χ2n) is 15.8. The van der Waals surface area contributed by atoms with E-state index in [2.05, 4.69) is 10.6 Å². The van der Waals surface area contributed by atoms with E-state index in [1.54, 1.807) is 0 Å². The largest absolute Gasteiger partial charge is 0.353 e. The van der Waals surface area contributed by atoms with Crippen molar-refractivity contribution in [3.63, 3.8) is 0 Å². The molecular formula is C32H48N2O2. The zero-order valence-corrected chi connectivity index (χ0v) is 22.3. The summed E-state index contributed by atoms with van der Waals surface area (Å²) in [6.45, 7) is 0. The Kier molecular flexibility index (Phi) is 5.22. The third kappa shape index (κ3) is 3.65. The maximum atomic E-state index is 13.9. The molecule has 10 rings (SSSR count). The van der Waals surface area contributed by atoms with Crippen molar-refractivity contribution in [2.24, 2.45) is 58.2 Å². The summed E-state index contributed by atoms with van der Waals surface area (Å²) in [5.41, 5.74) is -0.0766. The Bertz CT molecular complexity index is 855. The van der Waals surface area contributed by atoms with Crippen LogP contribution in [0.1, 0.15) is 116 Å². The lowest BCUT2D eigenvalue weighted by atomic mass is 9.49. The molecule has 8 bridgehead atoms. The van der Waals surface area contributed by atoms with Crippen LogP contribution in [-0.4, -0.2) is 23.9 Å². The third-order valence-electron chi connectivity index (χ3n) is 13.3. The molecule has 0 aliphatic heterocycles. The first-order chi connectivity index (χ1) is 17.5. The summed E-state index contributed by atoms with van der Waals surface area (Å²) in [5, 5.41) is 7.35. The average molecular weight is 493 g/mol. The topological polar surface area (TPSA) is 58.2 Å². The standard InChI is InChI=1S/C32H48N2O2/c35-29(31-13-19-6-20(14-31)8-21(7-19)15-31)33-26-5-4-25-2-1-3-28(27(25)12-26)34-30(36)32-16-22-9-23(17-32)11-24(10-22)18-32/h19-28H,1-18H2,(H,33,35)(H,34,36). The molecule has 4 heteroatoms. The molecule has 4 atom stereocenters. The van der Waals surface area contributed by atoms with Gasteiger partial charge < -0.3 is 10.6 Å². The lowest BCUT2D eigenvalue weighted by molar-refractivity contribution is -0.149. The summed E-state index contributed by atoms with van der Waals surface area (Å²) >= 11 is 0. The van der Waals surface area contributed by atoms with Gasteiger partial charge in [-0.1, -0.05) is 12.8 Å². The maximum absolute atomic E-state index is 13.9. The molecule has 2 N–H and O–H groups in total. The lowest BCUT2D eigenvalue weighted by Crippen LogP contribution is -2.59. The number of carbonyl (C=O) groups is 2. The van der Waals surface area contributed by atoms with Crippen molar-refractivity contribution in [3.8, 4) is 0 Å². The molecule has 0 aromatic rings. The number of hydrogen-bond donors (Lipinski definition) is 2. The van der Waals surface area contributed by atoms with E-state index in [4.69, 9.17) is 0 Å². The fourth-order valence-electron chi connectivity index (χ4n) is 12.7. The van der Waals surface area contributed by atoms with Crippen LogP contribution < -0.4 is 10.6 Å². The zero-order chi connectivity index (χ0) is 24.1. The number of hydrogen-bond acceptors (Lipinski definition) is 2. The predicted molar refractivity (Wildman–Crippen MR) is 140 cm³/mol. The first-order valence-electron chi connectivity index (χ1n) is 16.1. The second kappa shape index (κ2) is 8.22. The Hall–Kier alpha value is -1.06. The van der Waals surface area contributed by atoms with Crippen LogP contribution in [-0.2, 0) is 9.59 Å². The Balaban J connectivity index is 0.942. The molecule has 4 nitrogen and oxygen atoms in total. The van der Waals surface area contributed by atoms with Crippen molar-refractivity contribution in [1.82, 2.24) is 10.6 Å². The van der Waals surface area contributed by atoms with E-state index in [-0.39, 0.29) is 10.8 Å². The lowest BCUT2D eigenvalue weighted by Gasteiger charge is -2.56. The molecule has 4 unspecified atom stereocenters. The highest BCUT2D eigenvalue weighted by Crippen LogP contribution is 2.61. The smallest absolute Gasteiger partial charge is 0.226 e. The Labute approximate surface area is 217 Å². The number of rotatable bonds is 4. The predicted octanol–water partition coefficient (Wildman–Crippen LogP) is 5.99. The van der Waals surface area contributed by atoms with Gasteiger partial charge in [-0.15, -0.1) is 0 Å². The van der Waals surface area contributed by atoms with Gasteiger partial charge in [-0.3, -0.25) is 9.59 Å². The quantitative estimate of drug-likeness (QED) is 0.506. The molecule has 10 saturated carbocycles. The van der Waals surface area contributed by atoms with Crippen LogP contribution in [0, 0.1) is 58.2 Å². The van der Waals surface area contributed by atoms with E-state index in [0.717, 1.165) is 99.2 Å². The van der Waals surface area contributed by atoms with Crippen molar-refractivity contribution >= 4 is 11.8 Å². The van der Waals surface area contributed by atoms with Crippen LogP contribution in [0.25, 0.3) is 0 Å². The van der Waals surface area contributed by atoms with Crippen molar-refractivity contribution < 1.29 is 9.59 Å². The highest BCUT2D eigenvalue weighted by Gasteiger charge is 2.56. The van der Waals surface area contributed by atoms with Crippen molar-refractivity contribution in [1.29, 1.82) is 0 Å². The monoisotopic (exact) mass is 492 g/mol. The minimum Gasteiger partial charge on any atom is -0.353 e. The van der Waals surface area contributed by atoms with Gasteiger partial charge in [0, 0.05) is 22.9 Å². The minimum absolute atomic E-state index is 0.0374. The van der Waals surface area contributed by atoms with Gasteiger partial charge in [0.2, 0.25) is 11.8 Å². The van der Waals surface area contributed by atoms with Gasteiger partial charge in [0.25, 0.3) is 0 Å². The maximum Gasteiger partial charge on any atom is 0.226 e. The molecule has 10 aliphatic rings. The van der Waals surface area contributed by atoms with Crippen molar-refractivity contribution in [3.05, 3.63) is 0 Å². The van der Waals surface area contributed by atoms with E-state index in [1.165, 1.54) is 57.8 Å². The first-order valence-corrected chi connectivity index (χ1v) is 16.1. The van der Waals surface area contributed by atoms with Crippen molar-refractivity contribution in [2.75, 3.05) is 0 Å². The van der Waals surface area contributed by atoms with Crippen LogP contribution >= 0.6 is 0 Å². The molecular weight excluding hydrogens is 444 g/mol. The highest BCUT2D eigenvalue weighted by molar-refractivity contribution is 5.84. The van der Waals surface area contributed by atoms with Gasteiger partial charge in [-0.25, -0.2) is 0 Å². The Morgan fingerprint density at radius 1 is 0.528 bits per heavy atom. The molecule has 0 radical (unpaired) electrons. The Morgan fingerprint density at radius 2 is 1.00 bits per heavy atom. The third-order valence-corrected chi connectivity index (χ3v) is 13.3. The fraction of sp³-hybridized carbons (Fsp3) is 0.938. The summed E-state index contributed by atoms with van der Waals surface area (Å²) in [5.74, 6) is 7.06. The molecule has 0 heterocycles. The number of nitrogens with one attached hydrogen (secondary N) is 2. The van der Waals surface area contributed by atoms with Crippen LogP contribution in [0.15, 0.2) is 0 Å². The van der Waals surface area contributed by atoms with E-state index >= 15 is 0 Å². The molecule has 0 aromatic carbocycles. The first kappa shape index (κ1) is 22.9. The van der Waals surface area contributed by atoms with Gasteiger partial charge in [0.15, 0.2) is 0 Å². The summed E-state index contributed by atoms with van der Waals surface area (Å²) in [4.78, 5) is 27.6. The highest BCUT2D eigenvalue weighted by atomic mass is 16.2. The van der Waals surface area contributed by atoms with Crippen LogP contribution in [0.5, 0.6) is 0 Å². The molecule has 2 amide bonds. The van der Waals surface area contributed by atoms with Gasteiger partial charge in [-0.2, -0.15) is 0 Å². The van der Waals surface area contributed by atoms with Crippen LogP contribution in [0.4, 0.5) is 0 Å². The van der Waals surface area contributed by atoms with E-state index < -0.39 is 0 Å². The van der Waals surface area contributed by atoms with Crippen molar-refractivity contribution in [2.45, 2.75) is 128 Å². The molecule has 10 fully saturated rings. The number of fused-ring (bicyclic) bond motifs is 1. The molecule has 0 spiro atoms. The van der Waals surface area contributed by atoms with Gasteiger partial charge in [-0.05, 0) is 150 Å². The fourth-order valence-corrected chi connectivity index (χ4v) is 12.7. The molecule has 36 heavy (non-hydrogen) atoms. The van der Waals surface area contributed by atoms with E-state index in [9.17, 15) is 9.59 Å². The summed E-state index contributed by atoms with van der Waals surface area (Å²) in [6.07, 6.45) is 22.5. The van der Waals surface area contributed by atoms with Gasteiger partial charge in [0.1, 0.15) is 0 Å². The van der Waals surface area contributed by atoms with Gasteiger partial charge in [0.05, 0.1) is 0 Å². The minimum atomic E-state index is -0.0392. The SMILES string of the molecule is O=C(NC1CCC2CCCC(NC(=O)C34CC5CC(CC(C5)C3)C4)C2C1)C12CC3CC(CC(C3)C1)C2. The Morgan fingerprint density at radius 3 is 1.50 bits per heavy atom. The molecule has 10 aliphatic carbocycles. The second-order valence-corrected chi connectivity index (χ2v) is 15.8. The zero-order valence-electron chi connectivity index (χ0n) is 22.3. The van der Waals surface area contributed by atoms with Crippen LogP contribution in [0.3, 0.4) is 0 Å². The van der Waals surface area contributed by atoms with Crippen LogP contribution in [0.2, 0.25) is 0 Å². The summed E-state index contributed by atoms with van der Waals surface area (Å²) < 4.78 is 0. The summed E-state index contributed by atoms with van der Waals surface area (Å²) in [6, 6.07) is 0.660. The normalized spacial score (nSPS) is 54.2. The summed E-state index contributed by atoms with van der Waals surface area (Å²) in [7, 11) is 0. The average Bonchev–Trinajstić information content (AvgIpc) is 2.83. The molecule has 0 aromatic heterocycles. The van der Waals surface area contributed by atoms with Gasteiger partial charge >= 0.3 is 0 Å². The molecule has 198 valence electrons. The van der Waals surface area contributed by atoms with E-state index in [0.29, 0.717) is 29.8 Å². The molecule has 0 saturated heterocycles. The number of carbonyl (C=O) groups excluding carboxylic acids is 2.